The highest BCUT2D eigenvalue weighted by Crippen LogP contribution is 2.29. The summed E-state index contributed by atoms with van der Waals surface area (Å²) in [4.78, 5) is 11.2. The third kappa shape index (κ3) is 2.98. The van der Waals surface area contributed by atoms with Gasteiger partial charge in [-0.2, -0.15) is 0 Å². The first-order valence-corrected chi connectivity index (χ1v) is 5.27. The van der Waals surface area contributed by atoms with Crippen molar-refractivity contribution in [3.8, 4) is 0 Å². The van der Waals surface area contributed by atoms with Gasteiger partial charge in [-0.25, -0.2) is 4.79 Å². The number of aliphatic carboxylic acids is 1. The molecular formula is C11H22O3. The molecule has 0 spiro atoms. The molecule has 0 amide bonds. The lowest BCUT2D eigenvalue weighted by atomic mass is 9.94. The van der Waals surface area contributed by atoms with Gasteiger partial charge in [-0.1, -0.05) is 20.8 Å². The van der Waals surface area contributed by atoms with E-state index in [1.807, 2.05) is 34.6 Å². The lowest BCUT2D eigenvalue weighted by Gasteiger charge is -2.36. The maximum Gasteiger partial charge on any atom is 0.335 e. The quantitative estimate of drug-likeness (QED) is 0.720. The van der Waals surface area contributed by atoms with E-state index < -0.39 is 11.6 Å². The van der Waals surface area contributed by atoms with E-state index in [-0.39, 0.29) is 5.60 Å². The second kappa shape index (κ2) is 4.78. The van der Waals surface area contributed by atoms with Crippen molar-refractivity contribution in [3.63, 3.8) is 0 Å². The molecule has 0 aromatic carbocycles. The molecule has 0 bridgehead atoms. The largest absolute Gasteiger partial charge is 0.479 e. The second-order valence-electron chi connectivity index (χ2n) is 4.22. The average molecular weight is 202 g/mol. The molecule has 1 N–H and O–H groups in total. The number of ether oxygens (including phenoxy) is 1. The first-order chi connectivity index (χ1) is 6.33. The van der Waals surface area contributed by atoms with Crippen LogP contribution in [0.15, 0.2) is 0 Å². The Morgan fingerprint density at radius 2 is 1.57 bits per heavy atom. The van der Waals surface area contributed by atoms with Gasteiger partial charge in [-0.05, 0) is 33.1 Å². The predicted octanol–water partition coefficient (Wildman–Crippen LogP) is 2.84. The van der Waals surface area contributed by atoms with E-state index in [0.29, 0.717) is 12.8 Å². The monoisotopic (exact) mass is 202 g/mol. The maximum absolute atomic E-state index is 11.2. The van der Waals surface area contributed by atoms with Crippen LogP contribution in [-0.2, 0) is 9.53 Å². The van der Waals surface area contributed by atoms with Gasteiger partial charge in [0, 0.05) is 0 Å². The summed E-state index contributed by atoms with van der Waals surface area (Å²) < 4.78 is 5.73. The van der Waals surface area contributed by atoms with Gasteiger partial charge in [0.05, 0.1) is 5.60 Å². The van der Waals surface area contributed by atoms with Gasteiger partial charge in [-0.15, -0.1) is 0 Å². The second-order valence-corrected chi connectivity index (χ2v) is 4.22. The van der Waals surface area contributed by atoms with E-state index in [1.54, 1.807) is 0 Å². The fourth-order valence-electron chi connectivity index (χ4n) is 1.34. The minimum absolute atomic E-state index is 0.371. The molecule has 0 aliphatic heterocycles. The maximum atomic E-state index is 11.2. The standard InChI is InChI=1S/C11H22O3/c1-6-10(4,5)14-11(7-2,8-3)9(12)13/h6-8H2,1-5H3,(H,12,13). The summed E-state index contributed by atoms with van der Waals surface area (Å²) in [6.45, 7) is 9.55. The van der Waals surface area contributed by atoms with Crippen LogP contribution >= 0.6 is 0 Å². The highest BCUT2D eigenvalue weighted by molar-refractivity contribution is 5.77. The SMILES string of the molecule is CCC(C)(C)OC(CC)(CC)C(=O)O. The number of hydrogen-bond acceptors (Lipinski definition) is 2. The molecule has 3 nitrogen and oxygen atoms in total. The topological polar surface area (TPSA) is 46.5 Å². The Labute approximate surface area is 86.5 Å². The molecule has 0 heterocycles. The molecule has 0 saturated heterocycles. The normalized spacial score (nSPS) is 12.9. The smallest absolute Gasteiger partial charge is 0.335 e. The number of carboxylic acids is 1. The fourth-order valence-corrected chi connectivity index (χ4v) is 1.34. The Bertz CT molecular complexity index is 193. The van der Waals surface area contributed by atoms with Gasteiger partial charge in [0.1, 0.15) is 0 Å². The van der Waals surface area contributed by atoms with Crippen LogP contribution in [-0.4, -0.2) is 22.3 Å². The van der Waals surface area contributed by atoms with Gasteiger partial charge in [0.25, 0.3) is 0 Å². The molecule has 3 heteroatoms. The van der Waals surface area contributed by atoms with Crippen molar-refractivity contribution in [2.45, 2.75) is 65.1 Å². The molecule has 0 atom stereocenters. The number of carboxylic acid groups (broad SMARTS) is 1. The first kappa shape index (κ1) is 13.4. The molecule has 0 radical (unpaired) electrons. The van der Waals surface area contributed by atoms with Crippen molar-refractivity contribution in [1.29, 1.82) is 0 Å². The average Bonchev–Trinajstić information content (AvgIpc) is 2.14. The summed E-state index contributed by atoms with van der Waals surface area (Å²) in [6, 6.07) is 0. The van der Waals surface area contributed by atoms with Crippen LogP contribution in [0.5, 0.6) is 0 Å². The van der Waals surface area contributed by atoms with E-state index in [1.165, 1.54) is 0 Å². The Morgan fingerprint density at radius 3 is 1.79 bits per heavy atom. The van der Waals surface area contributed by atoms with Crippen molar-refractivity contribution >= 4 is 5.97 Å². The van der Waals surface area contributed by atoms with Gasteiger partial charge in [-0.3, -0.25) is 0 Å². The Balaban J connectivity index is 4.76. The van der Waals surface area contributed by atoms with Crippen molar-refractivity contribution in [3.05, 3.63) is 0 Å². The van der Waals surface area contributed by atoms with Crippen LogP contribution < -0.4 is 0 Å². The van der Waals surface area contributed by atoms with E-state index in [0.717, 1.165) is 6.42 Å². The van der Waals surface area contributed by atoms with E-state index >= 15 is 0 Å². The number of carbonyl (C=O) groups is 1. The lowest BCUT2D eigenvalue weighted by molar-refractivity contribution is -0.189. The zero-order chi connectivity index (χ0) is 11.4. The highest BCUT2D eigenvalue weighted by Gasteiger charge is 2.40. The molecule has 0 rings (SSSR count). The minimum Gasteiger partial charge on any atom is -0.479 e. The van der Waals surface area contributed by atoms with Crippen molar-refractivity contribution in [1.82, 2.24) is 0 Å². The van der Waals surface area contributed by atoms with Crippen LogP contribution in [0.25, 0.3) is 0 Å². The van der Waals surface area contributed by atoms with Gasteiger partial charge < -0.3 is 9.84 Å². The molecule has 0 aromatic heterocycles. The van der Waals surface area contributed by atoms with E-state index in [9.17, 15) is 4.79 Å². The Kier molecular flexibility index (Phi) is 4.59. The lowest BCUT2D eigenvalue weighted by Crippen LogP contribution is -2.46. The van der Waals surface area contributed by atoms with Crippen LogP contribution in [0.3, 0.4) is 0 Å². The minimum atomic E-state index is -1.01. The molecule has 0 fully saturated rings. The molecule has 0 aliphatic rings. The van der Waals surface area contributed by atoms with Crippen LogP contribution in [0.1, 0.15) is 53.9 Å². The van der Waals surface area contributed by atoms with Crippen molar-refractivity contribution < 1.29 is 14.6 Å². The van der Waals surface area contributed by atoms with Crippen LogP contribution in [0, 0.1) is 0 Å². The van der Waals surface area contributed by atoms with Gasteiger partial charge in [0.2, 0.25) is 0 Å². The highest BCUT2D eigenvalue weighted by atomic mass is 16.5. The van der Waals surface area contributed by atoms with Crippen molar-refractivity contribution in [2.75, 3.05) is 0 Å². The summed E-state index contributed by atoms with van der Waals surface area (Å²) >= 11 is 0. The van der Waals surface area contributed by atoms with Crippen LogP contribution in [0.2, 0.25) is 0 Å². The Hall–Kier alpha value is -0.570. The van der Waals surface area contributed by atoms with E-state index in [4.69, 9.17) is 9.84 Å². The summed E-state index contributed by atoms with van der Waals surface area (Å²) in [5.74, 6) is -0.857. The van der Waals surface area contributed by atoms with Crippen molar-refractivity contribution in [2.24, 2.45) is 0 Å². The molecule has 0 aromatic rings. The molecule has 84 valence electrons. The first-order valence-electron chi connectivity index (χ1n) is 5.27. The predicted molar refractivity (Wildman–Crippen MR) is 56.4 cm³/mol. The zero-order valence-electron chi connectivity index (χ0n) is 9.89. The van der Waals surface area contributed by atoms with Gasteiger partial charge in [0.15, 0.2) is 5.60 Å². The van der Waals surface area contributed by atoms with E-state index in [2.05, 4.69) is 0 Å². The summed E-state index contributed by atoms with van der Waals surface area (Å²) in [5, 5.41) is 9.16. The molecule has 0 aliphatic carbocycles. The third-order valence-corrected chi connectivity index (χ3v) is 2.86. The Morgan fingerprint density at radius 1 is 1.14 bits per heavy atom. The fraction of sp³-hybridized carbons (Fsp3) is 0.909. The molecule has 0 saturated carbocycles. The summed E-state index contributed by atoms with van der Waals surface area (Å²) in [5.41, 5.74) is -1.39. The molecule has 0 unspecified atom stereocenters. The zero-order valence-corrected chi connectivity index (χ0v) is 9.89. The molecule has 14 heavy (non-hydrogen) atoms. The van der Waals surface area contributed by atoms with Gasteiger partial charge >= 0.3 is 5.97 Å². The number of rotatable bonds is 6. The molecular weight excluding hydrogens is 180 g/mol. The number of hydrogen-bond donors (Lipinski definition) is 1. The summed E-state index contributed by atoms with van der Waals surface area (Å²) in [7, 11) is 0. The summed E-state index contributed by atoms with van der Waals surface area (Å²) in [6.07, 6.45) is 1.81. The third-order valence-electron chi connectivity index (χ3n) is 2.86. The van der Waals surface area contributed by atoms with Crippen LogP contribution in [0.4, 0.5) is 0 Å².